The number of amides is 1. The number of rotatable bonds is 10. The Kier molecular flexibility index (Phi) is 7.79. The molecule has 1 saturated heterocycles. The smallest absolute Gasteiger partial charge is 0.247 e. The SMILES string of the molecule is C=CC(=O)Nc1cc(Nc2cc(-c3cn(C)c4ccccc34)ncn2)c(OC)cc1N(C)CCN1CCCC1. The van der Waals surface area contributed by atoms with Crippen molar-refractivity contribution in [1.29, 1.82) is 0 Å². The highest BCUT2D eigenvalue weighted by Gasteiger charge is 2.18. The number of nitrogens with zero attached hydrogens (tertiary/aromatic N) is 5. The minimum absolute atomic E-state index is 0.277. The second-order valence-electron chi connectivity index (χ2n) is 9.82. The molecule has 0 unspecified atom stereocenters. The van der Waals surface area contributed by atoms with Gasteiger partial charge in [-0.25, -0.2) is 9.97 Å². The fourth-order valence-corrected chi connectivity index (χ4v) is 5.11. The third-order valence-electron chi connectivity index (χ3n) is 7.23. The number of nitrogens with one attached hydrogen (secondary N) is 2. The van der Waals surface area contributed by atoms with Crippen LogP contribution in [0.5, 0.6) is 5.75 Å². The summed E-state index contributed by atoms with van der Waals surface area (Å²) in [5.41, 5.74) is 5.17. The standard InChI is InChI=1S/C30H35N7O2/c1-5-30(38)34-24-16-25(28(39-4)18-27(24)35(2)14-15-37-12-8-9-13-37)33-29-17-23(31-20-32-29)22-19-36(3)26-11-7-6-10-21(22)26/h5-7,10-11,16-20H,1,8-9,12-15H2,2-4H3,(H,34,38)(H,31,32,33). The number of ether oxygens (including phenoxy) is 1. The molecule has 0 radical (unpaired) electrons. The van der Waals surface area contributed by atoms with Crippen LogP contribution in [0.3, 0.4) is 0 Å². The van der Waals surface area contributed by atoms with Crippen molar-refractivity contribution in [2.45, 2.75) is 12.8 Å². The Balaban J connectivity index is 1.45. The largest absolute Gasteiger partial charge is 0.494 e. The highest BCUT2D eigenvalue weighted by atomic mass is 16.5. The van der Waals surface area contributed by atoms with E-state index in [1.807, 2.05) is 44.4 Å². The molecule has 39 heavy (non-hydrogen) atoms. The number of para-hydroxylation sites is 1. The van der Waals surface area contributed by atoms with Crippen molar-refractivity contribution >= 4 is 39.7 Å². The van der Waals surface area contributed by atoms with Crippen molar-refractivity contribution in [1.82, 2.24) is 19.4 Å². The predicted molar refractivity (Wildman–Crippen MR) is 158 cm³/mol. The first kappa shape index (κ1) is 26.2. The van der Waals surface area contributed by atoms with Gasteiger partial charge in [-0.05, 0) is 44.1 Å². The van der Waals surface area contributed by atoms with E-state index in [0.717, 1.165) is 54.0 Å². The van der Waals surface area contributed by atoms with Gasteiger partial charge in [-0.3, -0.25) is 4.79 Å². The van der Waals surface area contributed by atoms with Crippen LogP contribution in [-0.2, 0) is 11.8 Å². The van der Waals surface area contributed by atoms with E-state index in [2.05, 4.69) is 59.9 Å². The Morgan fingerprint density at radius 3 is 2.72 bits per heavy atom. The molecule has 0 atom stereocenters. The van der Waals surface area contributed by atoms with Crippen molar-refractivity contribution in [3.8, 4) is 17.0 Å². The van der Waals surface area contributed by atoms with Gasteiger partial charge < -0.3 is 29.7 Å². The highest BCUT2D eigenvalue weighted by Crippen LogP contribution is 2.38. The van der Waals surface area contributed by atoms with Crippen molar-refractivity contribution < 1.29 is 9.53 Å². The summed E-state index contributed by atoms with van der Waals surface area (Å²) >= 11 is 0. The zero-order valence-electron chi connectivity index (χ0n) is 22.8. The molecule has 0 aliphatic carbocycles. The molecule has 1 amide bonds. The van der Waals surface area contributed by atoms with Crippen LogP contribution < -0.4 is 20.3 Å². The molecule has 2 aromatic carbocycles. The molecule has 0 saturated carbocycles. The van der Waals surface area contributed by atoms with Crippen LogP contribution in [0.1, 0.15) is 12.8 Å². The molecule has 0 spiro atoms. The van der Waals surface area contributed by atoms with E-state index in [1.165, 1.54) is 18.9 Å². The summed E-state index contributed by atoms with van der Waals surface area (Å²) in [6.45, 7) is 7.68. The van der Waals surface area contributed by atoms with Crippen LogP contribution in [0.15, 0.2) is 67.6 Å². The second kappa shape index (κ2) is 11.6. The first-order valence-electron chi connectivity index (χ1n) is 13.2. The van der Waals surface area contributed by atoms with Gasteiger partial charge in [0.1, 0.15) is 17.9 Å². The lowest BCUT2D eigenvalue weighted by molar-refractivity contribution is -0.111. The van der Waals surface area contributed by atoms with E-state index in [1.54, 1.807) is 13.4 Å². The number of likely N-dealkylation sites (tertiary alicyclic amines) is 1. The first-order chi connectivity index (χ1) is 19.0. The van der Waals surface area contributed by atoms with Crippen molar-refractivity contribution in [3.05, 3.63) is 67.6 Å². The number of carbonyl (C=O) groups excluding carboxylic acids is 1. The summed E-state index contributed by atoms with van der Waals surface area (Å²) in [6.07, 6.45) is 7.40. The molecule has 0 bridgehead atoms. The van der Waals surface area contributed by atoms with Crippen LogP contribution in [0.25, 0.3) is 22.2 Å². The molecule has 9 heteroatoms. The summed E-state index contributed by atoms with van der Waals surface area (Å²) in [7, 11) is 5.69. The number of anilines is 4. The normalized spacial score (nSPS) is 13.4. The molecule has 1 aliphatic rings. The highest BCUT2D eigenvalue weighted by molar-refractivity contribution is 6.02. The first-order valence-corrected chi connectivity index (χ1v) is 13.2. The van der Waals surface area contributed by atoms with E-state index in [0.29, 0.717) is 22.9 Å². The number of fused-ring (bicyclic) bond motifs is 1. The van der Waals surface area contributed by atoms with Gasteiger partial charge in [0.15, 0.2) is 0 Å². The Labute approximate surface area is 229 Å². The molecule has 1 fully saturated rings. The third kappa shape index (κ3) is 5.73. The van der Waals surface area contributed by atoms with Crippen molar-refractivity contribution in [2.24, 2.45) is 7.05 Å². The van der Waals surface area contributed by atoms with Crippen molar-refractivity contribution in [3.63, 3.8) is 0 Å². The number of likely N-dealkylation sites (N-methyl/N-ethyl adjacent to an activating group) is 1. The molecule has 202 valence electrons. The van der Waals surface area contributed by atoms with Gasteiger partial charge >= 0.3 is 0 Å². The van der Waals surface area contributed by atoms with Crippen LogP contribution in [0, 0.1) is 0 Å². The monoisotopic (exact) mass is 525 g/mol. The molecule has 9 nitrogen and oxygen atoms in total. The van der Waals surface area contributed by atoms with E-state index < -0.39 is 0 Å². The van der Waals surface area contributed by atoms with E-state index >= 15 is 0 Å². The number of benzene rings is 2. The van der Waals surface area contributed by atoms with Gasteiger partial charge in [0, 0.05) is 62.0 Å². The lowest BCUT2D eigenvalue weighted by Crippen LogP contribution is -2.32. The Bertz CT molecular complexity index is 1490. The number of carbonyl (C=O) groups is 1. The number of methoxy groups -OCH3 is 1. The number of hydrogen-bond donors (Lipinski definition) is 2. The quantitative estimate of drug-likeness (QED) is 0.280. The number of aromatic nitrogens is 3. The minimum atomic E-state index is -0.277. The molecule has 5 rings (SSSR count). The second-order valence-corrected chi connectivity index (χ2v) is 9.82. The summed E-state index contributed by atoms with van der Waals surface area (Å²) in [6, 6.07) is 14.0. The maximum Gasteiger partial charge on any atom is 0.247 e. The lowest BCUT2D eigenvalue weighted by Gasteiger charge is -2.26. The maximum atomic E-state index is 12.3. The van der Waals surface area contributed by atoms with Gasteiger partial charge in [0.05, 0.1) is 29.9 Å². The molecular formula is C30H35N7O2. The average molecular weight is 526 g/mol. The Morgan fingerprint density at radius 2 is 1.95 bits per heavy atom. The number of aryl methyl sites for hydroxylation is 1. The van der Waals surface area contributed by atoms with Crippen LogP contribution >= 0.6 is 0 Å². The number of hydrogen-bond acceptors (Lipinski definition) is 7. The summed E-state index contributed by atoms with van der Waals surface area (Å²) in [4.78, 5) is 25.9. The summed E-state index contributed by atoms with van der Waals surface area (Å²) in [5.74, 6) is 0.975. The van der Waals surface area contributed by atoms with E-state index in [4.69, 9.17) is 4.74 Å². The van der Waals surface area contributed by atoms with Gasteiger partial charge in [-0.2, -0.15) is 0 Å². The third-order valence-corrected chi connectivity index (χ3v) is 7.23. The Morgan fingerprint density at radius 1 is 1.15 bits per heavy atom. The molecule has 4 aromatic rings. The average Bonchev–Trinajstić information content (AvgIpc) is 3.60. The van der Waals surface area contributed by atoms with Gasteiger partial charge in [-0.15, -0.1) is 0 Å². The minimum Gasteiger partial charge on any atom is -0.494 e. The molecule has 1 aliphatic heterocycles. The Hall–Kier alpha value is -4.37. The van der Waals surface area contributed by atoms with Crippen LogP contribution in [-0.4, -0.2) is 65.7 Å². The van der Waals surface area contributed by atoms with Gasteiger partial charge in [-0.1, -0.05) is 24.8 Å². The summed E-state index contributed by atoms with van der Waals surface area (Å²) < 4.78 is 7.86. The van der Waals surface area contributed by atoms with E-state index in [9.17, 15) is 4.79 Å². The molecule has 2 aromatic heterocycles. The van der Waals surface area contributed by atoms with Crippen LogP contribution in [0.2, 0.25) is 0 Å². The van der Waals surface area contributed by atoms with Gasteiger partial charge in [0.2, 0.25) is 5.91 Å². The zero-order valence-corrected chi connectivity index (χ0v) is 22.8. The van der Waals surface area contributed by atoms with E-state index in [-0.39, 0.29) is 5.91 Å². The fourth-order valence-electron chi connectivity index (χ4n) is 5.11. The summed E-state index contributed by atoms with van der Waals surface area (Å²) in [5, 5.41) is 7.46. The van der Waals surface area contributed by atoms with Crippen molar-refractivity contribution in [2.75, 3.05) is 55.9 Å². The van der Waals surface area contributed by atoms with Crippen LogP contribution in [0.4, 0.5) is 22.9 Å². The van der Waals surface area contributed by atoms with Gasteiger partial charge in [0.25, 0.3) is 0 Å². The molecular weight excluding hydrogens is 490 g/mol. The maximum absolute atomic E-state index is 12.3. The fraction of sp³-hybridized carbons (Fsp3) is 0.300. The topological polar surface area (TPSA) is 87.5 Å². The predicted octanol–water partition coefficient (Wildman–Crippen LogP) is 5.04. The lowest BCUT2D eigenvalue weighted by atomic mass is 10.1. The molecule has 3 heterocycles. The molecule has 2 N–H and O–H groups in total. The zero-order chi connectivity index (χ0) is 27.4.